The van der Waals surface area contributed by atoms with Gasteiger partial charge in [-0.3, -0.25) is 4.57 Å². The predicted octanol–water partition coefficient (Wildman–Crippen LogP) is 7.84. The van der Waals surface area contributed by atoms with E-state index in [9.17, 15) is 0 Å². The number of hydrogen-bond acceptors (Lipinski definition) is 3. The molecule has 0 saturated carbocycles. The van der Waals surface area contributed by atoms with Crippen molar-refractivity contribution in [1.29, 1.82) is 0 Å². The van der Waals surface area contributed by atoms with Crippen molar-refractivity contribution in [2.45, 2.75) is 0 Å². The Bertz CT molecular complexity index is 1990. The number of aromatic nitrogens is 4. The van der Waals surface area contributed by atoms with Crippen molar-refractivity contribution in [1.82, 2.24) is 19.3 Å². The zero-order chi connectivity index (χ0) is 22.9. The molecular weight excluding hydrogens is 448 g/mol. The summed E-state index contributed by atoms with van der Waals surface area (Å²) in [6.07, 6.45) is 2.17. The van der Waals surface area contributed by atoms with Gasteiger partial charge in [-0.1, -0.05) is 84.1 Å². The first-order chi connectivity index (χ1) is 17.4. The molecule has 0 aliphatic rings. The number of para-hydroxylation sites is 1. The minimum absolute atomic E-state index is 0.885. The Labute approximate surface area is 204 Å². The molecule has 0 N–H and O–H groups in total. The van der Waals surface area contributed by atoms with Gasteiger partial charge >= 0.3 is 0 Å². The molecular formula is C30H18N4S. The molecule has 0 unspecified atom stereocenters. The fourth-order valence-electron chi connectivity index (χ4n) is 5.40. The monoisotopic (exact) mass is 466 g/mol. The second-order valence-electron chi connectivity index (χ2n) is 8.81. The molecule has 0 aliphatic carbocycles. The van der Waals surface area contributed by atoms with Crippen LogP contribution >= 0.6 is 11.3 Å². The third kappa shape index (κ3) is 2.61. The number of benzene rings is 5. The molecule has 0 amide bonds. The van der Waals surface area contributed by atoms with Crippen LogP contribution in [0.1, 0.15) is 0 Å². The molecule has 0 radical (unpaired) electrons. The number of fused-ring (bicyclic) bond motifs is 2. The summed E-state index contributed by atoms with van der Waals surface area (Å²) in [6, 6.07) is 36.4. The first-order valence-corrected chi connectivity index (χ1v) is 12.4. The van der Waals surface area contributed by atoms with Gasteiger partial charge in [-0.15, -0.1) is 10.2 Å². The molecule has 0 bridgehead atoms. The molecule has 3 heterocycles. The van der Waals surface area contributed by atoms with Gasteiger partial charge in [-0.05, 0) is 35.7 Å². The van der Waals surface area contributed by atoms with Crippen LogP contribution in [0.2, 0.25) is 0 Å². The van der Waals surface area contributed by atoms with Crippen molar-refractivity contribution in [2.75, 3.05) is 0 Å². The highest BCUT2D eigenvalue weighted by Gasteiger charge is 2.22. The van der Waals surface area contributed by atoms with Crippen LogP contribution in [0, 0.1) is 0 Å². The molecule has 0 atom stereocenters. The third-order valence-electron chi connectivity index (χ3n) is 6.89. The maximum Gasteiger partial charge on any atom is 0.217 e. The fraction of sp³-hybridized carbons (Fsp3) is 0. The standard InChI is InChI=1S/C30H18N4S/c1-3-8-20(9-4-1)29-31-32-30(35-29)34-24-13-7-10-19-14-15-23-27(26(19)24)25(34)18-21-16-17-33(28(21)23)22-11-5-2-6-12-22/h1-18H. The van der Waals surface area contributed by atoms with Gasteiger partial charge in [0.1, 0.15) is 5.01 Å². The maximum atomic E-state index is 4.65. The number of rotatable bonds is 3. The Morgan fingerprint density at radius 1 is 0.629 bits per heavy atom. The van der Waals surface area contributed by atoms with Crippen molar-refractivity contribution in [3.8, 4) is 21.4 Å². The summed E-state index contributed by atoms with van der Waals surface area (Å²) in [5.74, 6) is 0. The summed E-state index contributed by atoms with van der Waals surface area (Å²) in [4.78, 5) is 0. The van der Waals surface area contributed by atoms with E-state index in [2.05, 4.69) is 110 Å². The van der Waals surface area contributed by atoms with Gasteiger partial charge in [0.2, 0.25) is 5.13 Å². The van der Waals surface area contributed by atoms with Crippen LogP contribution in [0.5, 0.6) is 0 Å². The lowest BCUT2D eigenvalue weighted by Gasteiger charge is -2.09. The summed E-state index contributed by atoms with van der Waals surface area (Å²) in [7, 11) is 0. The van der Waals surface area contributed by atoms with E-state index < -0.39 is 0 Å². The Morgan fingerprint density at radius 2 is 1.46 bits per heavy atom. The first-order valence-electron chi connectivity index (χ1n) is 11.6. The van der Waals surface area contributed by atoms with Gasteiger partial charge in [-0.2, -0.15) is 0 Å². The quantitative estimate of drug-likeness (QED) is 0.249. The smallest absolute Gasteiger partial charge is 0.217 e. The van der Waals surface area contributed by atoms with E-state index in [0.717, 1.165) is 26.9 Å². The topological polar surface area (TPSA) is 35.6 Å². The summed E-state index contributed by atoms with van der Waals surface area (Å²) in [5, 5.41) is 17.3. The van der Waals surface area contributed by atoms with Gasteiger partial charge in [0.15, 0.2) is 0 Å². The van der Waals surface area contributed by atoms with Crippen LogP contribution in [0.4, 0.5) is 0 Å². The van der Waals surface area contributed by atoms with Crippen molar-refractivity contribution in [3.63, 3.8) is 0 Å². The molecule has 8 aromatic rings. The Morgan fingerprint density at radius 3 is 2.31 bits per heavy atom. The molecule has 0 saturated heterocycles. The van der Waals surface area contributed by atoms with E-state index in [4.69, 9.17) is 0 Å². The zero-order valence-corrected chi connectivity index (χ0v) is 19.4. The molecule has 3 aromatic heterocycles. The van der Waals surface area contributed by atoms with Crippen LogP contribution in [0.25, 0.3) is 64.9 Å². The van der Waals surface area contributed by atoms with Gasteiger partial charge in [0, 0.05) is 39.0 Å². The van der Waals surface area contributed by atoms with Crippen LogP contribution in [0.3, 0.4) is 0 Å². The minimum Gasteiger partial charge on any atom is -0.316 e. The Hall–Kier alpha value is -4.48. The average Bonchev–Trinajstić information content (AvgIpc) is 3.64. The summed E-state index contributed by atoms with van der Waals surface area (Å²) >= 11 is 1.63. The molecule has 164 valence electrons. The summed E-state index contributed by atoms with van der Waals surface area (Å²) < 4.78 is 4.58. The average molecular weight is 467 g/mol. The zero-order valence-electron chi connectivity index (χ0n) is 18.6. The van der Waals surface area contributed by atoms with E-state index in [-0.39, 0.29) is 0 Å². The van der Waals surface area contributed by atoms with Gasteiger partial charge < -0.3 is 4.57 Å². The SMILES string of the molecule is c1ccc(-c2nnc(-n3c4cccc5ccc6c(c54)c3cc3ccn(-c4ccccc4)c36)s2)cc1. The van der Waals surface area contributed by atoms with E-state index in [1.807, 2.05) is 18.2 Å². The van der Waals surface area contributed by atoms with Crippen LogP contribution < -0.4 is 0 Å². The van der Waals surface area contributed by atoms with E-state index in [1.54, 1.807) is 11.3 Å². The van der Waals surface area contributed by atoms with E-state index in [1.165, 1.54) is 38.0 Å². The second-order valence-corrected chi connectivity index (χ2v) is 9.77. The largest absolute Gasteiger partial charge is 0.316 e. The lowest BCUT2D eigenvalue weighted by Crippen LogP contribution is -1.94. The molecule has 0 fully saturated rings. The third-order valence-corrected chi connectivity index (χ3v) is 7.84. The number of nitrogens with zero attached hydrogens (tertiary/aromatic N) is 4. The number of hydrogen-bond donors (Lipinski definition) is 0. The van der Waals surface area contributed by atoms with Gasteiger partial charge in [0.05, 0.1) is 16.6 Å². The fourth-order valence-corrected chi connectivity index (χ4v) is 6.28. The highest BCUT2D eigenvalue weighted by molar-refractivity contribution is 7.17. The van der Waals surface area contributed by atoms with Crippen LogP contribution in [-0.4, -0.2) is 19.3 Å². The van der Waals surface area contributed by atoms with Crippen molar-refractivity contribution < 1.29 is 0 Å². The van der Waals surface area contributed by atoms with Crippen molar-refractivity contribution in [2.24, 2.45) is 0 Å². The molecule has 5 aromatic carbocycles. The van der Waals surface area contributed by atoms with Crippen LogP contribution in [-0.2, 0) is 0 Å². The molecule has 4 nitrogen and oxygen atoms in total. The lowest BCUT2D eigenvalue weighted by molar-refractivity contribution is 1.02. The highest BCUT2D eigenvalue weighted by atomic mass is 32.1. The first kappa shape index (κ1) is 18.9. The Balaban J connectivity index is 1.48. The Kier molecular flexibility index (Phi) is 3.78. The summed E-state index contributed by atoms with van der Waals surface area (Å²) in [6.45, 7) is 0. The molecule has 0 aliphatic heterocycles. The molecule has 35 heavy (non-hydrogen) atoms. The molecule has 8 rings (SSSR count). The second kappa shape index (κ2) is 7.01. The van der Waals surface area contributed by atoms with Crippen molar-refractivity contribution >= 4 is 54.8 Å². The van der Waals surface area contributed by atoms with Crippen LogP contribution in [0.15, 0.2) is 109 Å². The normalized spacial score (nSPS) is 12.0. The molecule has 0 spiro atoms. The van der Waals surface area contributed by atoms with E-state index >= 15 is 0 Å². The summed E-state index contributed by atoms with van der Waals surface area (Å²) in [5.41, 5.74) is 5.82. The minimum atomic E-state index is 0.885. The highest BCUT2D eigenvalue weighted by Crippen LogP contribution is 2.43. The predicted molar refractivity (Wildman–Crippen MR) is 145 cm³/mol. The van der Waals surface area contributed by atoms with Gasteiger partial charge in [-0.25, -0.2) is 0 Å². The molecule has 5 heteroatoms. The van der Waals surface area contributed by atoms with E-state index in [0.29, 0.717) is 0 Å². The van der Waals surface area contributed by atoms with Gasteiger partial charge in [0.25, 0.3) is 0 Å². The maximum absolute atomic E-state index is 4.65. The van der Waals surface area contributed by atoms with Crippen molar-refractivity contribution in [3.05, 3.63) is 109 Å². The lowest BCUT2D eigenvalue weighted by atomic mass is 10.0.